The van der Waals surface area contributed by atoms with Crippen LogP contribution in [0.15, 0.2) is 30.9 Å². The van der Waals surface area contributed by atoms with Gasteiger partial charge >= 0.3 is 0 Å². The van der Waals surface area contributed by atoms with Gasteiger partial charge in [0.15, 0.2) is 0 Å². The van der Waals surface area contributed by atoms with Crippen molar-refractivity contribution in [2.24, 2.45) is 7.05 Å². The molecule has 2 atom stereocenters. The summed E-state index contributed by atoms with van der Waals surface area (Å²) in [5, 5.41) is 7.19. The van der Waals surface area contributed by atoms with Gasteiger partial charge in [-0.25, -0.2) is 9.97 Å². The van der Waals surface area contributed by atoms with Crippen molar-refractivity contribution in [1.29, 1.82) is 0 Å². The molecule has 0 unspecified atom stereocenters. The third-order valence-corrected chi connectivity index (χ3v) is 4.95. The van der Waals surface area contributed by atoms with Gasteiger partial charge in [0.2, 0.25) is 5.95 Å². The molecule has 0 bridgehead atoms. The monoisotopic (exact) mass is 342 g/mol. The summed E-state index contributed by atoms with van der Waals surface area (Å²) in [6.07, 6.45) is 9.39. The number of aromatic nitrogens is 4. The van der Waals surface area contributed by atoms with Crippen LogP contribution in [0.1, 0.15) is 29.6 Å². The smallest absolute Gasteiger partial charge is 0.254 e. The molecule has 132 valence electrons. The van der Waals surface area contributed by atoms with E-state index in [9.17, 15) is 4.79 Å². The molecule has 2 aromatic rings. The summed E-state index contributed by atoms with van der Waals surface area (Å²) >= 11 is 0. The Morgan fingerprint density at radius 3 is 3.00 bits per heavy atom. The molecule has 2 aliphatic heterocycles. The average Bonchev–Trinajstić information content (AvgIpc) is 3.23. The molecule has 1 N–H and O–H groups in total. The summed E-state index contributed by atoms with van der Waals surface area (Å²) in [5.74, 6) is 0.667. The van der Waals surface area contributed by atoms with E-state index in [0.29, 0.717) is 12.2 Å². The highest BCUT2D eigenvalue weighted by Gasteiger charge is 2.44. The van der Waals surface area contributed by atoms with Gasteiger partial charge in [0.05, 0.1) is 23.9 Å². The van der Waals surface area contributed by atoms with Crippen LogP contribution in [0.25, 0.3) is 0 Å². The first kappa shape index (κ1) is 16.0. The van der Waals surface area contributed by atoms with Crippen molar-refractivity contribution in [1.82, 2.24) is 25.1 Å². The van der Waals surface area contributed by atoms with Gasteiger partial charge in [-0.1, -0.05) is 0 Å². The fourth-order valence-electron chi connectivity index (χ4n) is 3.71. The summed E-state index contributed by atoms with van der Waals surface area (Å²) in [4.78, 5) is 23.2. The lowest BCUT2D eigenvalue weighted by Crippen LogP contribution is -2.50. The molecule has 2 aliphatic rings. The van der Waals surface area contributed by atoms with Crippen molar-refractivity contribution in [3.8, 4) is 0 Å². The Morgan fingerprint density at radius 1 is 1.40 bits per heavy atom. The number of nitrogens with one attached hydrogen (secondary N) is 1. The molecule has 4 heterocycles. The lowest BCUT2D eigenvalue weighted by molar-refractivity contribution is -0.0721. The maximum atomic E-state index is 12.4. The molecule has 2 saturated heterocycles. The zero-order valence-corrected chi connectivity index (χ0v) is 14.3. The van der Waals surface area contributed by atoms with Crippen LogP contribution < -0.4 is 10.2 Å². The van der Waals surface area contributed by atoms with Gasteiger partial charge in [-0.15, -0.1) is 0 Å². The van der Waals surface area contributed by atoms with Crippen molar-refractivity contribution in [3.63, 3.8) is 0 Å². The van der Waals surface area contributed by atoms with Crippen molar-refractivity contribution in [2.75, 3.05) is 24.6 Å². The molecular weight excluding hydrogens is 320 g/mol. The fourth-order valence-corrected chi connectivity index (χ4v) is 3.71. The van der Waals surface area contributed by atoms with Crippen molar-refractivity contribution < 1.29 is 9.53 Å². The highest BCUT2D eigenvalue weighted by molar-refractivity contribution is 5.93. The van der Waals surface area contributed by atoms with Crippen molar-refractivity contribution >= 4 is 11.9 Å². The second kappa shape index (κ2) is 6.44. The first-order valence-corrected chi connectivity index (χ1v) is 8.59. The zero-order chi connectivity index (χ0) is 17.3. The lowest BCUT2D eigenvalue weighted by Gasteiger charge is -2.38. The van der Waals surface area contributed by atoms with E-state index in [1.807, 2.05) is 6.07 Å². The summed E-state index contributed by atoms with van der Waals surface area (Å²) in [6, 6.07) is 1.93. The molecule has 1 spiro atoms. The predicted molar refractivity (Wildman–Crippen MR) is 91.2 cm³/mol. The second-order valence-electron chi connectivity index (χ2n) is 6.82. The van der Waals surface area contributed by atoms with Crippen LogP contribution in [0.5, 0.6) is 0 Å². The number of hydrogen-bond acceptors (Lipinski definition) is 6. The van der Waals surface area contributed by atoms with E-state index in [0.717, 1.165) is 38.3 Å². The Labute approximate surface area is 146 Å². The van der Waals surface area contributed by atoms with Crippen molar-refractivity contribution in [3.05, 3.63) is 36.4 Å². The number of ether oxygens (including phenoxy) is 1. The van der Waals surface area contributed by atoms with E-state index in [4.69, 9.17) is 4.74 Å². The minimum atomic E-state index is -0.232. The normalized spacial score (nSPS) is 26.1. The van der Waals surface area contributed by atoms with E-state index in [1.54, 1.807) is 36.5 Å². The fraction of sp³-hybridized carbons (Fsp3) is 0.529. The topological polar surface area (TPSA) is 85.2 Å². The van der Waals surface area contributed by atoms with Crippen LogP contribution in [0.3, 0.4) is 0 Å². The van der Waals surface area contributed by atoms with Crippen LogP contribution in [0.4, 0.5) is 5.95 Å². The molecule has 2 fully saturated rings. The molecule has 8 heteroatoms. The third-order valence-electron chi connectivity index (χ3n) is 4.95. The number of rotatable bonds is 3. The number of hydrogen-bond donors (Lipinski definition) is 1. The largest absolute Gasteiger partial charge is 0.373 e. The minimum absolute atomic E-state index is 0.0728. The van der Waals surface area contributed by atoms with E-state index < -0.39 is 0 Å². The van der Waals surface area contributed by atoms with Gasteiger partial charge in [-0.2, -0.15) is 5.10 Å². The summed E-state index contributed by atoms with van der Waals surface area (Å²) < 4.78 is 7.77. The molecule has 0 radical (unpaired) electrons. The van der Waals surface area contributed by atoms with Crippen molar-refractivity contribution in [2.45, 2.75) is 30.9 Å². The summed E-state index contributed by atoms with van der Waals surface area (Å²) in [6.45, 7) is 2.28. The van der Waals surface area contributed by atoms with Gasteiger partial charge in [0, 0.05) is 44.8 Å². The highest BCUT2D eigenvalue weighted by atomic mass is 16.5. The molecule has 4 rings (SSSR count). The lowest BCUT2D eigenvalue weighted by atomic mass is 9.89. The molecule has 25 heavy (non-hydrogen) atoms. The quantitative estimate of drug-likeness (QED) is 0.887. The average molecular weight is 342 g/mol. The Morgan fingerprint density at radius 2 is 2.24 bits per heavy atom. The number of amides is 1. The molecular formula is C17H22N6O2. The van der Waals surface area contributed by atoms with E-state index >= 15 is 0 Å². The predicted octanol–water partition coefficient (Wildman–Crippen LogP) is 0.768. The molecule has 0 aliphatic carbocycles. The maximum Gasteiger partial charge on any atom is 0.254 e. The summed E-state index contributed by atoms with van der Waals surface area (Å²) in [5.41, 5.74) is 0.360. The number of nitrogens with zero attached hydrogens (tertiary/aromatic N) is 5. The first-order valence-electron chi connectivity index (χ1n) is 8.59. The van der Waals surface area contributed by atoms with Crippen LogP contribution >= 0.6 is 0 Å². The minimum Gasteiger partial charge on any atom is -0.373 e. The maximum absolute atomic E-state index is 12.4. The number of aryl methyl sites for hydroxylation is 1. The standard InChI is InChI=1S/C17H22N6O2/c1-22-11-13(10-20-22)15(24)21-14-3-8-25-17(9-14)4-7-23(12-17)16-18-5-2-6-19-16/h2,5-6,10-11,14H,3-4,7-9,12H2,1H3,(H,21,24)/t14-,17-/m0/s1. The van der Waals surface area contributed by atoms with E-state index in [2.05, 4.69) is 25.3 Å². The Kier molecular flexibility index (Phi) is 4.12. The van der Waals surface area contributed by atoms with E-state index in [-0.39, 0.29) is 17.6 Å². The third kappa shape index (κ3) is 3.34. The number of carbonyl (C=O) groups excluding carboxylic acids is 1. The second-order valence-corrected chi connectivity index (χ2v) is 6.82. The molecule has 8 nitrogen and oxygen atoms in total. The van der Waals surface area contributed by atoms with Gasteiger partial charge in [-0.05, 0) is 25.3 Å². The van der Waals surface area contributed by atoms with Gasteiger partial charge in [0.25, 0.3) is 5.91 Å². The summed E-state index contributed by atoms with van der Waals surface area (Å²) in [7, 11) is 1.80. The van der Waals surface area contributed by atoms with Gasteiger partial charge in [-0.3, -0.25) is 9.48 Å². The first-order chi connectivity index (χ1) is 12.1. The number of anilines is 1. The van der Waals surface area contributed by atoms with Gasteiger partial charge < -0.3 is 15.0 Å². The Balaban J connectivity index is 1.40. The zero-order valence-electron chi connectivity index (χ0n) is 14.3. The van der Waals surface area contributed by atoms with Crippen LogP contribution in [-0.2, 0) is 11.8 Å². The molecule has 1 amide bonds. The van der Waals surface area contributed by atoms with Gasteiger partial charge in [0.1, 0.15) is 0 Å². The molecule has 0 aromatic carbocycles. The Bertz CT molecular complexity index is 749. The molecule has 0 saturated carbocycles. The highest BCUT2D eigenvalue weighted by Crippen LogP contribution is 2.35. The Hall–Kier alpha value is -2.48. The SMILES string of the molecule is Cn1cc(C(=O)N[C@H]2CCO[C@@]3(CCN(c4ncccn4)C3)C2)cn1. The van der Waals surface area contributed by atoms with Crippen LogP contribution in [0.2, 0.25) is 0 Å². The number of carbonyl (C=O) groups is 1. The van der Waals surface area contributed by atoms with Crippen LogP contribution in [-0.4, -0.2) is 57.0 Å². The van der Waals surface area contributed by atoms with E-state index in [1.165, 1.54) is 0 Å². The van der Waals surface area contributed by atoms with Crippen LogP contribution in [0, 0.1) is 0 Å². The molecule has 2 aromatic heterocycles.